The number of H-pyrrole nitrogens is 1. The summed E-state index contributed by atoms with van der Waals surface area (Å²) in [7, 11) is 0. The molecule has 0 bridgehead atoms. The Labute approximate surface area is 104 Å². The van der Waals surface area contributed by atoms with E-state index in [2.05, 4.69) is 5.10 Å². The van der Waals surface area contributed by atoms with Gasteiger partial charge in [0.25, 0.3) is 0 Å². The first-order valence-electron chi connectivity index (χ1n) is 4.46. The van der Waals surface area contributed by atoms with Crippen LogP contribution in [0.1, 0.15) is 5.69 Å². The smallest absolute Gasteiger partial charge is 0.273 e. The Kier molecular flexibility index (Phi) is 3.05. The molecule has 1 aromatic heterocycles. The fourth-order valence-corrected chi connectivity index (χ4v) is 1.57. The molecule has 2 aromatic rings. The van der Waals surface area contributed by atoms with E-state index in [1.54, 1.807) is 6.07 Å². The molecule has 0 saturated carbocycles. The van der Waals surface area contributed by atoms with Gasteiger partial charge in [0.1, 0.15) is 5.69 Å². The fraction of sp³-hybridized carbons (Fsp3) is 0.100. The second-order valence-electron chi connectivity index (χ2n) is 3.29. The second-order valence-corrected chi connectivity index (χ2v) is 4.11. The zero-order valence-corrected chi connectivity index (χ0v) is 9.66. The molecule has 90 valence electrons. The minimum absolute atomic E-state index is 0.163. The van der Waals surface area contributed by atoms with Gasteiger partial charge in [-0.25, -0.2) is 0 Å². The third kappa shape index (κ3) is 2.56. The molecule has 17 heavy (non-hydrogen) atoms. The van der Waals surface area contributed by atoms with Crippen LogP contribution in [0.3, 0.4) is 0 Å². The first-order chi connectivity index (χ1) is 7.88. The number of alkyl halides is 3. The van der Waals surface area contributed by atoms with Gasteiger partial charge in [-0.15, -0.1) is 0 Å². The topological polar surface area (TPSA) is 28.7 Å². The van der Waals surface area contributed by atoms with E-state index < -0.39 is 11.9 Å². The molecule has 1 N–H and O–H groups in total. The van der Waals surface area contributed by atoms with Gasteiger partial charge in [-0.2, -0.15) is 18.3 Å². The average molecular weight is 281 g/mol. The number of rotatable bonds is 1. The van der Waals surface area contributed by atoms with Gasteiger partial charge >= 0.3 is 6.18 Å². The van der Waals surface area contributed by atoms with E-state index in [1.165, 1.54) is 12.1 Å². The Hall–Kier alpha value is -1.20. The van der Waals surface area contributed by atoms with Gasteiger partial charge in [0.05, 0.1) is 15.7 Å². The normalized spacial score (nSPS) is 11.8. The number of benzene rings is 1. The summed E-state index contributed by atoms with van der Waals surface area (Å²) in [4.78, 5) is 0. The number of halogens is 5. The highest BCUT2D eigenvalue weighted by atomic mass is 35.5. The summed E-state index contributed by atoms with van der Waals surface area (Å²) >= 11 is 11.5. The molecule has 7 heteroatoms. The van der Waals surface area contributed by atoms with Crippen molar-refractivity contribution in [3.63, 3.8) is 0 Å². The van der Waals surface area contributed by atoms with Crippen LogP contribution in [0.2, 0.25) is 10.0 Å². The summed E-state index contributed by atoms with van der Waals surface area (Å²) < 4.78 is 37.0. The fourth-order valence-electron chi connectivity index (χ4n) is 1.27. The molecule has 0 aliphatic heterocycles. The third-order valence-electron chi connectivity index (χ3n) is 2.10. The Balaban J connectivity index is 2.40. The first kappa shape index (κ1) is 12.3. The lowest BCUT2D eigenvalue weighted by molar-refractivity contribution is -0.141. The van der Waals surface area contributed by atoms with E-state index >= 15 is 0 Å². The van der Waals surface area contributed by atoms with Crippen LogP contribution in [0.5, 0.6) is 0 Å². The van der Waals surface area contributed by atoms with E-state index in [-0.39, 0.29) is 10.7 Å². The summed E-state index contributed by atoms with van der Waals surface area (Å²) in [6.45, 7) is 0. The van der Waals surface area contributed by atoms with Gasteiger partial charge in [0, 0.05) is 5.56 Å². The van der Waals surface area contributed by atoms with Gasteiger partial charge in [0.15, 0.2) is 0 Å². The van der Waals surface area contributed by atoms with Crippen LogP contribution in [-0.2, 0) is 6.18 Å². The molecule has 0 spiro atoms. The number of hydrogen-bond donors (Lipinski definition) is 1. The lowest BCUT2D eigenvalue weighted by Crippen LogP contribution is -2.04. The predicted molar refractivity (Wildman–Crippen MR) is 59.0 cm³/mol. The van der Waals surface area contributed by atoms with Crippen molar-refractivity contribution in [3.05, 3.63) is 40.0 Å². The van der Waals surface area contributed by atoms with Gasteiger partial charge in [-0.3, -0.25) is 5.10 Å². The standard InChI is InChI=1S/C10H5Cl2F3N2/c11-6-2-1-5(3-7(6)12)8-4-9(17-16-8)10(13,14)15/h1-4H,(H,16,17). The van der Waals surface area contributed by atoms with Gasteiger partial charge < -0.3 is 0 Å². The lowest BCUT2D eigenvalue weighted by atomic mass is 10.1. The van der Waals surface area contributed by atoms with Crippen LogP contribution in [0.25, 0.3) is 11.3 Å². The summed E-state index contributed by atoms with van der Waals surface area (Å²) in [5, 5.41) is 6.10. The van der Waals surface area contributed by atoms with Crippen LogP contribution in [0, 0.1) is 0 Å². The summed E-state index contributed by atoms with van der Waals surface area (Å²) in [6.07, 6.45) is -4.44. The van der Waals surface area contributed by atoms with E-state index in [0.29, 0.717) is 10.6 Å². The maximum Gasteiger partial charge on any atom is 0.432 e. The third-order valence-corrected chi connectivity index (χ3v) is 2.84. The molecule has 0 atom stereocenters. The van der Waals surface area contributed by atoms with E-state index in [9.17, 15) is 13.2 Å². The second kappa shape index (κ2) is 4.23. The maximum atomic E-state index is 12.3. The summed E-state index contributed by atoms with van der Waals surface area (Å²) in [5.41, 5.74) is -0.277. The van der Waals surface area contributed by atoms with Crippen molar-refractivity contribution in [1.82, 2.24) is 10.2 Å². The van der Waals surface area contributed by atoms with Gasteiger partial charge in [-0.05, 0) is 18.2 Å². The monoisotopic (exact) mass is 280 g/mol. The molecule has 1 heterocycles. The molecule has 0 aliphatic rings. The highest BCUT2D eigenvalue weighted by Gasteiger charge is 2.33. The molecule has 0 amide bonds. The molecule has 2 rings (SSSR count). The SMILES string of the molecule is FC(F)(F)c1cc(-c2ccc(Cl)c(Cl)c2)n[nH]1. The van der Waals surface area contributed by atoms with E-state index in [4.69, 9.17) is 23.2 Å². The molecule has 0 fully saturated rings. The summed E-state index contributed by atoms with van der Waals surface area (Å²) in [6, 6.07) is 5.42. The number of nitrogens with one attached hydrogen (secondary N) is 1. The van der Waals surface area contributed by atoms with Crippen molar-refractivity contribution in [2.24, 2.45) is 0 Å². The molecule has 2 nitrogen and oxygen atoms in total. The molecule has 0 saturated heterocycles. The molecule has 0 radical (unpaired) electrons. The Bertz CT molecular complexity index is 549. The van der Waals surface area contributed by atoms with Crippen molar-refractivity contribution in [2.75, 3.05) is 0 Å². The zero-order valence-electron chi connectivity index (χ0n) is 8.15. The van der Waals surface area contributed by atoms with E-state index in [1.807, 2.05) is 5.10 Å². The minimum Gasteiger partial charge on any atom is -0.273 e. The number of hydrogen-bond acceptors (Lipinski definition) is 1. The van der Waals surface area contributed by atoms with Crippen LogP contribution in [0.15, 0.2) is 24.3 Å². The molecule has 1 aromatic carbocycles. The Morgan fingerprint density at radius 2 is 1.76 bits per heavy atom. The van der Waals surface area contributed by atoms with Gasteiger partial charge in [0.2, 0.25) is 0 Å². The quantitative estimate of drug-likeness (QED) is 0.824. The molecule has 0 aliphatic carbocycles. The highest BCUT2D eigenvalue weighted by molar-refractivity contribution is 6.42. The van der Waals surface area contributed by atoms with Crippen molar-refractivity contribution >= 4 is 23.2 Å². The van der Waals surface area contributed by atoms with Crippen LogP contribution >= 0.6 is 23.2 Å². The first-order valence-corrected chi connectivity index (χ1v) is 5.21. The zero-order chi connectivity index (χ0) is 12.6. The van der Waals surface area contributed by atoms with Crippen molar-refractivity contribution < 1.29 is 13.2 Å². The van der Waals surface area contributed by atoms with Crippen LogP contribution in [-0.4, -0.2) is 10.2 Å². The lowest BCUT2D eigenvalue weighted by Gasteiger charge is -2.00. The van der Waals surface area contributed by atoms with Crippen molar-refractivity contribution in [1.29, 1.82) is 0 Å². The highest BCUT2D eigenvalue weighted by Crippen LogP contribution is 2.32. The number of aromatic nitrogens is 2. The van der Waals surface area contributed by atoms with Crippen molar-refractivity contribution in [3.8, 4) is 11.3 Å². The molecular formula is C10H5Cl2F3N2. The molecule has 0 unspecified atom stereocenters. The maximum absolute atomic E-state index is 12.3. The van der Waals surface area contributed by atoms with Gasteiger partial charge in [-0.1, -0.05) is 29.3 Å². The Morgan fingerprint density at radius 1 is 1.06 bits per heavy atom. The average Bonchev–Trinajstić information content (AvgIpc) is 2.70. The number of aromatic amines is 1. The van der Waals surface area contributed by atoms with Crippen LogP contribution < -0.4 is 0 Å². The largest absolute Gasteiger partial charge is 0.432 e. The molecular weight excluding hydrogens is 276 g/mol. The number of nitrogens with zero attached hydrogens (tertiary/aromatic N) is 1. The Morgan fingerprint density at radius 3 is 2.29 bits per heavy atom. The predicted octanol–water partition coefficient (Wildman–Crippen LogP) is 4.40. The van der Waals surface area contributed by atoms with Crippen molar-refractivity contribution in [2.45, 2.75) is 6.18 Å². The van der Waals surface area contributed by atoms with Crippen LogP contribution in [0.4, 0.5) is 13.2 Å². The van der Waals surface area contributed by atoms with E-state index in [0.717, 1.165) is 6.07 Å². The summed E-state index contributed by atoms with van der Waals surface area (Å²) in [5.74, 6) is 0. The minimum atomic E-state index is -4.44.